The van der Waals surface area contributed by atoms with Crippen molar-refractivity contribution in [3.63, 3.8) is 0 Å². The Hall–Kier alpha value is -2.49. The molecule has 134 valence electrons. The highest BCUT2D eigenvalue weighted by Crippen LogP contribution is 2.32. The predicted molar refractivity (Wildman–Crippen MR) is 101 cm³/mol. The van der Waals surface area contributed by atoms with Crippen LogP contribution in [0.3, 0.4) is 0 Å². The molecule has 25 heavy (non-hydrogen) atoms. The summed E-state index contributed by atoms with van der Waals surface area (Å²) in [5, 5.41) is 3.07. The van der Waals surface area contributed by atoms with Crippen LogP contribution in [0.15, 0.2) is 36.4 Å². The van der Waals surface area contributed by atoms with E-state index in [1.807, 2.05) is 19.9 Å². The molecule has 4 nitrogen and oxygen atoms in total. The van der Waals surface area contributed by atoms with Crippen LogP contribution in [0.2, 0.25) is 0 Å². The van der Waals surface area contributed by atoms with Crippen molar-refractivity contribution in [2.45, 2.75) is 39.7 Å². The van der Waals surface area contributed by atoms with Crippen LogP contribution in [0, 0.1) is 6.92 Å². The summed E-state index contributed by atoms with van der Waals surface area (Å²) >= 11 is 0. The number of carbonyl (C=O) groups excluding carboxylic acids is 1. The van der Waals surface area contributed by atoms with Crippen molar-refractivity contribution in [3.8, 4) is 11.5 Å². The van der Waals surface area contributed by atoms with Crippen LogP contribution in [0.25, 0.3) is 0 Å². The fourth-order valence-electron chi connectivity index (χ4n) is 2.91. The number of hydrogen-bond donors (Lipinski definition) is 1. The van der Waals surface area contributed by atoms with E-state index in [2.05, 4.69) is 25.2 Å². The molecule has 0 bridgehead atoms. The van der Waals surface area contributed by atoms with Gasteiger partial charge in [0.2, 0.25) is 0 Å². The molecule has 4 heteroatoms. The summed E-state index contributed by atoms with van der Waals surface area (Å²) in [6.07, 6.45) is 0. The highest BCUT2D eigenvalue weighted by Gasteiger charge is 2.17. The van der Waals surface area contributed by atoms with Gasteiger partial charge in [-0.3, -0.25) is 4.79 Å². The van der Waals surface area contributed by atoms with Gasteiger partial charge in [0.15, 0.2) is 0 Å². The van der Waals surface area contributed by atoms with Crippen molar-refractivity contribution < 1.29 is 14.3 Å². The summed E-state index contributed by atoms with van der Waals surface area (Å²) < 4.78 is 10.6. The van der Waals surface area contributed by atoms with Crippen LogP contribution in [-0.4, -0.2) is 20.1 Å². The van der Waals surface area contributed by atoms with Crippen molar-refractivity contribution in [1.29, 1.82) is 0 Å². The molecule has 2 rings (SSSR count). The van der Waals surface area contributed by atoms with E-state index >= 15 is 0 Å². The van der Waals surface area contributed by atoms with E-state index in [0.717, 1.165) is 28.2 Å². The van der Waals surface area contributed by atoms with Gasteiger partial charge < -0.3 is 14.8 Å². The van der Waals surface area contributed by atoms with Crippen LogP contribution in [0.4, 0.5) is 0 Å². The average Bonchev–Trinajstić information content (AvgIpc) is 2.60. The van der Waals surface area contributed by atoms with E-state index in [9.17, 15) is 4.79 Å². The van der Waals surface area contributed by atoms with Gasteiger partial charge in [-0.1, -0.05) is 13.8 Å². The Morgan fingerprint density at radius 2 is 1.60 bits per heavy atom. The second-order valence-corrected chi connectivity index (χ2v) is 6.53. The Balaban J connectivity index is 2.23. The van der Waals surface area contributed by atoms with Crippen molar-refractivity contribution >= 4 is 5.91 Å². The Morgan fingerprint density at radius 1 is 0.960 bits per heavy atom. The first-order chi connectivity index (χ1) is 11.9. The molecular weight excluding hydrogens is 314 g/mol. The first kappa shape index (κ1) is 18.8. The normalized spacial score (nSPS) is 12.0. The lowest BCUT2D eigenvalue weighted by molar-refractivity contribution is 0.0940. The Labute approximate surface area is 150 Å². The zero-order chi connectivity index (χ0) is 18.6. The lowest BCUT2D eigenvalue weighted by Crippen LogP contribution is -2.27. The monoisotopic (exact) mass is 341 g/mol. The predicted octanol–water partition coefficient (Wildman–Crippen LogP) is 4.63. The zero-order valence-electron chi connectivity index (χ0n) is 15.8. The molecule has 0 spiro atoms. The minimum atomic E-state index is -0.100. The summed E-state index contributed by atoms with van der Waals surface area (Å²) in [6.45, 7) is 8.31. The average molecular weight is 341 g/mol. The molecule has 0 heterocycles. The van der Waals surface area contributed by atoms with Gasteiger partial charge in [-0.05, 0) is 72.9 Å². The van der Waals surface area contributed by atoms with E-state index in [4.69, 9.17) is 9.47 Å². The second-order valence-electron chi connectivity index (χ2n) is 6.53. The zero-order valence-corrected chi connectivity index (χ0v) is 15.8. The first-order valence-electron chi connectivity index (χ1n) is 8.50. The van der Waals surface area contributed by atoms with Gasteiger partial charge >= 0.3 is 0 Å². The lowest BCUT2D eigenvalue weighted by Gasteiger charge is -2.21. The highest BCUT2D eigenvalue weighted by atomic mass is 16.5. The minimum absolute atomic E-state index is 0.0991. The maximum absolute atomic E-state index is 12.5. The minimum Gasteiger partial charge on any atom is -0.497 e. The smallest absolute Gasteiger partial charge is 0.251 e. The molecule has 0 saturated carbocycles. The maximum Gasteiger partial charge on any atom is 0.251 e. The number of amides is 1. The third-order valence-electron chi connectivity index (χ3n) is 4.41. The molecule has 0 aliphatic rings. The van der Waals surface area contributed by atoms with Crippen molar-refractivity contribution in [2.75, 3.05) is 14.2 Å². The van der Waals surface area contributed by atoms with Crippen LogP contribution in [0.1, 0.15) is 59.8 Å². The van der Waals surface area contributed by atoms with Gasteiger partial charge in [0.05, 0.1) is 20.3 Å². The van der Waals surface area contributed by atoms with Crippen LogP contribution < -0.4 is 14.8 Å². The number of carbonyl (C=O) groups is 1. The van der Waals surface area contributed by atoms with E-state index in [1.54, 1.807) is 38.5 Å². The van der Waals surface area contributed by atoms with Gasteiger partial charge in [-0.25, -0.2) is 0 Å². The van der Waals surface area contributed by atoms with Crippen molar-refractivity contribution in [1.82, 2.24) is 5.32 Å². The van der Waals surface area contributed by atoms with Crippen LogP contribution >= 0.6 is 0 Å². The van der Waals surface area contributed by atoms with Gasteiger partial charge in [0.25, 0.3) is 5.91 Å². The largest absolute Gasteiger partial charge is 0.497 e. The molecule has 0 aliphatic heterocycles. The van der Waals surface area contributed by atoms with E-state index in [0.29, 0.717) is 11.5 Å². The molecule has 0 aliphatic carbocycles. The summed E-state index contributed by atoms with van der Waals surface area (Å²) in [5.41, 5.74) is 3.96. The summed E-state index contributed by atoms with van der Waals surface area (Å²) in [7, 11) is 3.30. The Kier molecular flexibility index (Phi) is 6.07. The third-order valence-corrected chi connectivity index (χ3v) is 4.41. The molecule has 1 amide bonds. The summed E-state index contributed by atoms with van der Waals surface area (Å²) in [5.74, 6) is 1.87. The number of rotatable bonds is 6. The van der Waals surface area contributed by atoms with Gasteiger partial charge in [0.1, 0.15) is 11.5 Å². The number of hydrogen-bond acceptors (Lipinski definition) is 3. The van der Waals surface area contributed by atoms with Gasteiger partial charge in [-0.2, -0.15) is 0 Å². The maximum atomic E-state index is 12.5. The first-order valence-corrected chi connectivity index (χ1v) is 8.50. The molecule has 0 saturated heterocycles. The number of aryl methyl sites for hydroxylation is 1. The lowest BCUT2D eigenvalue weighted by atomic mass is 9.93. The standard InChI is InChI=1S/C21H27NO3/c1-13(2)18-12-19(14(3)11-20(18)25-6)15(4)22-21(23)16-7-9-17(24-5)10-8-16/h7-13,15H,1-6H3,(H,22,23)/t15-/m0/s1. The Morgan fingerprint density at radius 3 is 2.12 bits per heavy atom. The van der Waals surface area contributed by atoms with Crippen molar-refractivity contribution in [3.05, 3.63) is 58.7 Å². The summed E-state index contributed by atoms with van der Waals surface area (Å²) in [6, 6.07) is 11.2. The third kappa shape index (κ3) is 4.32. The van der Waals surface area contributed by atoms with Crippen LogP contribution in [-0.2, 0) is 0 Å². The molecule has 2 aromatic rings. The molecule has 1 atom stereocenters. The van der Waals surface area contributed by atoms with Crippen LogP contribution in [0.5, 0.6) is 11.5 Å². The number of benzene rings is 2. The molecule has 0 fully saturated rings. The summed E-state index contributed by atoms with van der Waals surface area (Å²) in [4.78, 5) is 12.5. The van der Waals surface area contributed by atoms with Crippen molar-refractivity contribution in [2.24, 2.45) is 0 Å². The fraction of sp³-hybridized carbons (Fsp3) is 0.381. The SMILES string of the molecule is COc1ccc(C(=O)N[C@@H](C)c2cc(C(C)C)c(OC)cc2C)cc1. The fourth-order valence-corrected chi connectivity index (χ4v) is 2.91. The van der Waals surface area contributed by atoms with Gasteiger partial charge in [0, 0.05) is 5.56 Å². The second kappa shape index (κ2) is 8.06. The van der Waals surface area contributed by atoms with E-state index in [1.165, 1.54) is 0 Å². The van der Waals surface area contributed by atoms with Gasteiger partial charge in [-0.15, -0.1) is 0 Å². The molecule has 2 aromatic carbocycles. The van der Waals surface area contributed by atoms with E-state index < -0.39 is 0 Å². The molecule has 0 unspecified atom stereocenters. The van der Waals surface area contributed by atoms with E-state index in [-0.39, 0.29) is 11.9 Å². The topological polar surface area (TPSA) is 47.6 Å². The number of nitrogens with one attached hydrogen (secondary N) is 1. The highest BCUT2D eigenvalue weighted by molar-refractivity contribution is 5.94. The molecule has 0 radical (unpaired) electrons. The molecular formula is C21H27NO3. The molecule has 1 N–H and O–H groups in total. The number of methoxy groups -OCH3 is 2. The molecule has 0 aromatic heterocycles. The quantitative estimate of drug-likeness (QED) is 0.833. The number of ether oxygens (including phenoxy) is 2. The Bertz CT molecular complexity index is 736.